The van der Waals surface area contributed by atoms with Crippen LogP contribution in [0.5, 0.6) is 0 Å². The fraction of sp³-hybridized carbons (Fsp3) is 0.357. The maximum Gasteiger partial charge on any atom is 0.187 e. The Morgan fingerprint density at radius 3 is 2.06 bits per heavy atom. The number of hydrogen-bond acceptors (Lipinski definition) is 3. The van der Waals surface area contributed by atoms with Gasteiger partial charge in [-0.2, -0.15) is 0 Å². The summed E-state index contributed by atoms with van der Waals surface area (Å²) in [5, 5.41) is 0. The molecule has 92 valence electrons. The minimum atomic E-state index is 0.0824. The summed E-state index contributed by atoms with van der Waals surface area (Å²) in [6, 6.07) is 7.88. The van der Waals surface area contributed by atoms with Crippen molar-refractivity contribution in [3.63, 3.8) is 0 Å². The van der Waals surface area contributed by atoms with Gasteiger partial charge in [-0.1, -0.05) is 38.1 Å². The van der Waals surface area contributed by atoms with Crippen molar-refractivity contribution in [1.29, 1.82) is 0 Å². The lowest BCUT2D eigenvalue weighted by molar-refractivity contribution is 0.104. The Hall–Kier alpha value is -0.670. The highest BCUT2D eigenvalue weighted by Crippen LogP contribution is 2.24. The van der Waals surface area contributed by atoms with E-state index in [1.165, 1.54) is 5.56 Å². The van der Waals surface area contributed by atoms with Gasteiger partial charge in [0.15, 0.2) is 5.78 Å². The maximum atomic E-state index is 12.0. The van der Waals surface area contributed by atoms with E-state index in [1.807, 2.05) is 36.8 Å². The Bertz CT molecular complexity index is 399. The normalized spacial score (nSPS) is 10.4. The van der Waals surface area contributed by atoms with Crippen LogP contribution in [0.4, 0.5) is 0 Å². The van der Waals surface area contributed by atoms with E-state index in [0.29, 0.717) is 5.92 Å². The molecule has 17 heavy (non-hydrogen) atoms. The molecule has 1 nitrogen and oxygen atoms in total. The molecule has 0 heterocycles. The second kappa shape index (κ2) is 6.92. The van der Waals surface area contributed by atoms with Crippen LogP contribution in [-0.2, 0) is 0 Å². The molecule has 0 unspecified atom stereocenters. The van der Waals surface area contributed by atoms with Crippen LogP contribution in [-0.4, -0.2) is 18.3 Å². The van der Waals surface area contributed by atoms with E-state index in [2.05, 4.69) is 13.8 Å². The first-order valence-corrected chi connectivity index (χ1v) is 7.97. The molecular weight excluding hydrogens is 248 g/mol. The van der Waals surface area contributed by atoms with Crippen LogP contribution >= 0.6 is 23.5 Å². The SMILES string of the molecule is CSC(=CC(=O)c1ccc(C(C)C)cc1)SC. The van der Waals surface area contributed by atoms with E-state index in [0.717, 1.165) is 9.80 Å². The molecule has 0 saturated heterocycles. The minimum Gasteiger partial charge on any atom is -0.289 e. The Morgan fingerprint density at radius 1 is 1.12 bits per heavy atom. The fourth-order valence-corrected chi connectivity index (χ4v) is 2.54. The van der Waals surface area contributed by atoms with Crippen molar-refractivity contribution in [3.05, 3.63) is 45.7 Å². The van der Waals surface area contributed by atoms with Crippen molar-refractivity contribution in [2.24, 2.45) is 0 Å². The van der Waals surface area contributed by atoms with Crippen molar-refractivity contribution < 1.29 is 4.79 Å². The molecule has 0 saturated carbocycles. The molecule has 0 aromatic heterocycles. The molecule has 0 N–H and O–H groups in total. The number of hydrogen-bond donors (Lipinski definition) is 0. The monoisotopic (exact) mass is 266 g/mol. The summed E-state index contributed by atoms with van der Waals surface area (Å²) >= 11 is 3.21. The van der Waals surface area contributed by atoms with Gasteiger partial charge in [-0.3, -0.25) is 4.79 Å². The molecule has 1 aromatic carbocycles. The third-order valence-corrected chi connectivity index (χ3v) is 4.55. The second-order valence-corrected chi connectivity index (χ2v) is 5.97. The van der Waals surface area contributed by atoms with Gasteiger partial charge in [-0.15, -0.1) is 23.5 Å². The van der Waals surface area contributed by atoms with E-state index < -0.39 is 0 Å². The zero-order valence-electron chi connectivity index (χ0n) is 10.7. The largest absolute Gasteiger partial charge is 0.289 e. The molecule has 0 radical (unpaired) electrons. The van der Waals surface area contributed by atoms with Crippen LogP contribution in [0, 0.1) is 0 Å². The Morgan fingerprint density at radius 2 is 1.65 bits per heavy atom. The number of allylic oxidation sites excluding steroid dienone is 1. The Labute approximate surface area is 112 Å². The van der Waals surface area contributed by atoms with Crippen LogP contribution in [0.15, 0.2) is 34.6 Å². The van der Waals surface area contributed by atoms with Gasteiger partial charge in [0, 0.05) is 15.9 Å². The molecule has 0 amide bonds. The van der Waals surface area contributed by atoms with E-state index in [9.17, 15) is 4.79 Å². The van der Waals surface area contributed by atoms with Gasteiger partial charge in [-0.05, 0) is 24.0 Å². The summed E-state index contributed by atoms with van der Waals surface area (Å²) in [6.07, 6.45) is 5.68. The topological polar surface area (TPSA) is 17.1 Å². The molecule has 0 atom stereocenters. The van der Waals surface area contributed by atoms with Gasteiger partial charge >= 0.3 is 0 Å². The van der Waals surface area contributed by atoms with Crippen LogP contribution < -0.4 is 0 Å². The van der Waals surface area contributed by atoms with Crippen molar-refractivity contribution in [3.8, 4) is 0 Å². The molecule has 0 fully saturated rings. The highest BCUT2D eigenvalue weighted by molar-refractivity contribution is 8.21. The summed E-state index contributed by atoms with van der Waals surface area (Å²) in [5.41, 5.74) is 2.02. The first-order chi connectivity index (χ1) is 8.08. The van der Waals surface area contributed by atoms with Crippen molar-refractivity contribution in [1.82, 2.24) is 0 Å². The number of benzene rings is 1. The summed E-state index contributed by atoms with van der Waals surface area (Å²) in [7, 11) is 0. The van der Waals surface area contributed by atoms with Gasteiger partial charge < -0.3 is 0 Å². The predicted molar refractivity (Wildman–Crippen MR) is 80.0 cm³/mol. The van der Waals surface area contributed by atoms with Crippen LogP contribution in [0.1, 0.15) is 35.7 Å². The average Bonchev–Trinajstić information content (AvgIpc) is 2.35. The molecule has 0 bridgehead atoms. The lowest BCUT2D eigenvalue weighted by Crippen LogP contribution is -1.96. The smallest absolute Gasteiger partial charge is 0.187 e. The average molecular weight is 266 g/mol. The molecule has 1 aromatic rings. The zero-order valence-corrected chi connectivity index (χ0v) is 12.3. The first kappa shape index (κ1) is 14.4. The fourth-order valence-electron chi connectivity index (χ4n) is 1.42. The van der Waals surface area contributed by atoms with E-state index in [-0.39, 0.29) is 5.78 Å². The second-order valence-electron chi connectivity index (χ2n) is 4.01. The van der Waals surface area contributed by atoms with E-state index in [1.54, 1.807) is 29.6 Å². The third-order valence-electron chi connectivity index (χ3n) is 2.51. The number of ketones is 1. The Balaban J connectivity index is 2.87. The molecule has 0 aliphatic rings. The van der Waals surface area contributed by atoms with Crippen LogP contribution in [0.25, 0.3) is 0 Å². The number of rotatable bonds is 5. The molecule has 0 aliphatic heterocycles. The highest BCUT2D eigenvalue weighted by atomic mass is 32.2. The molecule has 1 rings (SSSR count). The van der Waals surface area contributed by atoms with Crippen molar-refractivity contribution in [2.45, 2.75) is 19.8 Å². The van der Waals surface area contributed by atoms with Gasteiger partial charge in [0.25, 0.3) is 0 Å². The molecule has 0 spiro atoms. The predicted octanol–water partition coefficient (Wildman–Crippen LogP) is 4.56. The summed E-state index contributed by atoms with van der Waals surface area (Å²) < 4.78 is 1.04. The van der Waals surface area contributed by atoms with Crippen molar-refractivity contribution >= 4 is 29.3 Å². The lowest BCUT2D eigenvalue weighted by atomic mass is 10.0. The minimum absolute atomic E-state index is 0.0824. The third kappa shape index (κ3) is 4.25. The number of carbonyl (C=O) groups excluding carboxylic acids is 1. The van der Waals surface area contributed by atoms with Gasteiger partial charge in [0.2, 0.25) is 0 Å². The molecular formula is C14H18OS2. The lowest BCUT2D eigenvalue weighted by Gasteiger charge is -2.05. The van der Waals surface area contributed by atoms with Crippen LogP contribution in [0.3, 0.4) is 0 Å². The summed E-state index contributed by atoms with van der Waals surface area (Å²) in [4.78, 5) is 12.0. The standard InChI is InChI=1S/C14H18OS2/c1-10(2)11-5-7-12(8-6-11)13(15)9-14(16-3)17-4/h5-10H,1-4H3. The van der Waals surface area contributed by atoms with E-state index in [4.69, 9.17) is 0 Å². The van der Waals surface area contributed by atoms with Crippen LogP contribution in [0.2, 0.25) is 0 Å². The van der Waals surface area contributed by atoms with E-state index >= 15 is 0 Å². The maximum absolute atomic E-state index is 12.0. The highest BCUT2D eigenvalue weighted by Gasteiger charge is 2.05. The molecule has 3 heteroatoms. The quantitative estimate of drug-likeness (QED) is 0.574. The van der Waals surface area contributed by atoms with Gasteiger partial charge in [-0.25, -0.2) is 0 Å². The molecule has 0 aliphatic carbocycles. The Kier molecular flexibility index (Phi) is 5.86. The van der Waals surface area contributed by atoms with Gasteiger partial charge in [0.1, 0.15) is 0 Å². The zero-order chi connectivity index (χ0) is 12.8. The summed E-state index contributed by atoms with van der Waals surface area (Å²) in [5.74, 6) is 0.585. The number of carbonyl (C=O) groups is 1. The first-order valence-electron chi connectivity index (χ1n) is 5.52. The summed E-state index contributed by atoms with van der Waals surface area (Å²) in [6.45, 7) is 4.30. The van der Waals surface area contributed by atoms with Gasteiger partial charge in [0.05, 0.1) is 0 Å². The van der Waals surface area contributed by atoms with Crippen molar-refractivity contribution in [2.75, 3.05) is 12.5 Å². The number of thioether (sulfide) groups is 2.